The monoisotopic (exact) mass is 450 g/mol. The average Bonchev–Trinajstić information content (AvgIpc) is 3.30. The van der Waals surface area contributed by atoms with Gasteiger partial charge >= 0.3 is 0 Å². The first kappa shape index (κ1) is 23.0. The Morgan fingerprint density at radius 2 is 1.76 bits per heavy atom. The first-order valence-electron chi connectivity index (χ1n) is 11.1. The molecule has 4 aromatic rings. The number of aromatic nitrogens is 1. The van der Waals surface area contributed by atoms with E-state index in [1.165, 1.54) is 4.90 Å². The number of hydrogen-bond acceptors (Lipinski definition) is 4. The zero-order valence-electron chi connectivity index (χ0n) is 19.2. The molecule has 0 saturated carbocycles. The Morgan fingerprint density at radius 3 is 2.44 bits per heavy atom. The summed E-state index contributed by atoms with van der Waals surface area (Å²) in [5.74, 6) is -0.125. The third-order valence-electron chi connectivity index (χ3n) is 5.84. The van der Waals surface area contributed by atoms with Crippen molar-refractivity contribution in [2.45, 2.75) is 12.5 Å². The van der Waals surface area contributed by atoms with Crippen molar-refractivity contribution in [3.8, 4) is 6.07 Å². The summed E-state index contributed by atoms with van der Waals surface area (Å²) in [5.41, 5.74) is 4.51. The zero-order chi connectivity index (χ0) is 24.1. The van der Waals surface area contributed by atoms with Gasteiger partial charge in [-0.05, 0) is 41.8 Å². The van der Waals surface area contributed by atoms with Gasteiger partial charge in [0.25, 0.3) is 5.91 Å². The number of carbonyl (C=O) groups is 2. The molecule has 170 valence electrons. The van der Waals surface area contributed by atoms with Crippen molar-refractivity contribution in [2.24, 2.45) is 0 Å². The minimum atomic E-state index is -0.512. The van der Waals surface area contributed by atoms with Gasteiger partial charge in [0.15, 0.2) is 5.78 Å². The third kappa shape index (κ3) is 4.90. The molecule has 34 heavy (non-hydrogen) atoms. The fraction of sp³-hybridized carbons (Fsp3) is 0.179. The molecular weight excluding hydrogens is 424 g/mol. The summed E-state index contributed by atoms with van der Waals surface area (Å²) in [5, 5.41) is 13.2. The van der Waals surface area contributed by atoms with Crippen molar-refractivity contribution < 1.29 is 9.59 Å². The van der Waals surface area contributed by atoms with Crippen LogP contribution in [0.15, 0.2) is 79.0 Å². The average molecular weight is 451 g/mol. The van der Waals surface area contributed by atoms with E-state index in [4.69, 9.17) is 5.26 Å². The molecule has 4 rings (SSSR count). The van der Waals surface area contributed by atoms with E-state index in [2.05, 4.69) is 16.4 Å². The molecule has 3 aromatic carbocycles. The van der Waals surface area contributed by atoms with Crippen molar-refractivity contribution in [2.75, 3.05) is 20.6 Å². The lowest BCUT2D eigenvalue weighted by Crippen LogP contribution is -2.30. The summed E-state index contributed by atoms with van der Waals surface area (Å²) in [4.78, 5) is 30.7. The number of fused-ring (bicyclic) bond motifs is 1. The molecule has 0 aliphatic rings. The van der Waals surface area contributed by atoms with E-state index >= 15 is 0 Å². The molecule has 0 saturated heterocycles. The van der Waals surface area contributed by atoms with Gasteiger partial charge in [0.1, 0.15) is 0 Å². The lowest BCUT2D eigenvalue weighted by molar-refractivity contribution is 0.0827. The number of benzene rings is 3. The van der Waals surface area contributed by atoms with Crippen molar-refractivity contribution in [1.82, 2.24) is 15.2 Å². The Hall–Kier alpha value is -4.21. The second-order valence-corrected chi connectivity index (χ2v) is 8.38. The number of ketones is 1. The van der Waals surface area contributed by atoms with Crippen molar-refractivity contribution in [3.05, 3.63) is 107 Å². The van der Waals surface area contributed by atoms with Crippen molar-refractivity contribution >= 4 is 22.6 Å². The number of nitriles is 1. The van der Waals surface area contributed by atoms with Gasteiger partial charge in [-0.2, -0.15) is 5.26 Å². The van der Waals surface area contributed by atoms with Crippen LogP contribution in [0.4, 0.5) is 0 Å². The van der Waals surface area contributed by atoms with E-state index in [0.29, 0.717) is 23.2 Å². The van der Waals surface area contributed by atoms with E-state index in [1.807, 2.05) is 48.5 Å². The van der Waals surface area contributed by atoms with E-state index in [1.54, 1.807) is 44.6 Å². The normalized spacial score (nSPS) is 11.7. The summed E-state index contributed by atoms with van der Waals surface area (Å²) in [6.07, 6.45) is 2.45. The first-order valence-corrected chi connectivity index (χ1v) is 11.1. The molecule has 0 aliphatic heterocycles. The molecular formula is C28H26N4O2. The van der Waals surface area contributed by atoms with Crippen LogP contribution in [-0.2, 0) is 6.42 Å². The van der Waals surface area contributed by atoms with Gasteiger partial charge in [-0.1, -0.05) is 48.5 Å². The molecule has 0 radical (unpaired) electrons. The van der Waals surface area contributed by atoms with Crippen LogP contribution in [-0.4, -0.2) is 42.2 Å². The molecule has 6 nitrogen and oxygen atoms in total. The van der Waals surface area contributed by atoms with Crippen LogP contribution in [0.25, 0.3) is 10.9 Å². The zero-order valence-corrected chi connectivity index (χ0v) is 19.2. The Bertz CT molecular complexity index is 1350. The molecule has 0 unspecified atom stereocenters. The number of amides is 1. The Balaban J connectivity index is 1.57. The van der Waals surface area contributed by atoms with Gasteiger partial charge in [-0.25, -0.2) is 0 Å². The maximum Gasteiger partial charge on any atom is 0.253 e. The standard InChI is InChI=1S/C28H26N4O2/c1-32(2)28(34)22-12-13-23-24(18-31-25(23)16-22)27(33)26(21-6-4-3-5-7-21)30-15-14-19-8-10-20(17-29)11-9-19/h3-13,16,18,26,30-31H,14-15H2,1-2H3/t26-/m1/s1. The topological polar surface area (TPSA) is 89.0 Å². The van der Waals surface area contributed by atoms with Crippen LogP contribution < -0.4 is 5.32 Å². The number of nitrogens with zero attached hydrogens (tertiary/aromatic N) is 2. The predicted molar refractivity (Wildman–Crippen MR) is 133 cm³/mol. The summed E-state index contributed by atoms with van der Waals surface area (Å²) in [6.45, 7) is 0.598. The molecule has 0 fully saturated rings. The Kier molecular flexibility index (Phi) is 6.86. The summed E-state index contributed by atoms with van der Waals surface area (Å²) in [6, 6.07) is 24.1. The van der Waals surface area contributed by atoms with Crippen LogP contribution in [0.5, 0.6) is 0 Å². The number of rotatable bonds is 8. The van der Waals surface area contributed by atoms with Crippen molar-refractivity contribution in [3.63, 3.8) is 0 Å². The number of H-pyrrole nitrogens is 1. The number of hydrogen-bond donors (Lipinski definition) is 2. The fourth-order valence-electron chi connectivity index (χ4n) is 3.99. The molecule has 0 bridgehead atoms. The van der Waals surface area contributed by atoms with Gasteiger partial charge in [-0.15, -0.1) is 0 Å². The Morgan fingerprint density at radius 1 is 1.03 bits per heavy atom. The van der Waals surface area contributed by atoms with Crippen LogP contribution >= 0.6 is 0 Å². The number of nitrogens with one attached hydrogen (secondary N) is 2. The highest BCUT2D eigenvalue weighted by Gasteiger charge is 2.24. The van der Waals surface area contributed by atoms with Crippen LogP contribution in [0, 0.1) is 11.3 Å². The van der Waals surface area contributed by atoms with E-state index < -0.39 is 6.04 Å². The van der Waals surface area contributed by atoms with Crippen LogP contribution in [0.2, 0.25) is 0 Å². The minimum Gasteiger partial charge on any atom is -0.360 e. The summed E-state index contributed by atoms with van der Waals surface area (Å²) >= 11 is 0. The number of Topliss-reactive ketones (excluding diaryl/α,β-unsaturated/α-hetero) is 1. The maximum absolute atomic E-state index is 13.7. The highest BCUT2D eigenvalue weighted by atomic mass is 16.2. The largest absolute Gasteiger partial charge is 0.360 e. The van der Waals surface area contributed by atoms with Gasteiger partial charge in [0.2, 0.25) is 0 Å². The van der Waals surface area contributed by atoms with Gasteiger partial charge in [-0.3, -0.25) is 9.59 Å². The molecule has 1 atom stereocenters. The highest BCUT2D eigenvalue weighted by Crippen LogP contribution is 2.26. The minimum absolute atomic E-state index is 0.0380. The molecule has 0 spiro atoms. The maximum atomic E-state index is 13.7. The van der Waals surface area contributed by atoms with Crippen molar-refractivity contribution in [1.29, 1.82) is 5.26 Å². The lowest BCUT2D eigenvalue weighted by atomic mass is 9.96. The molecule has 0 aliphatic carbocycles. The van der Waals surface area contributed by atoms with E-state index in [9.17, 15) is 9.59 Å². The summed E-state index contributed by atoms with van der Waals surface area (Å²) in [7, 11) is 3.43. The molecule has 1 heterocycles. The second kappa shape index (κ2) is 10.2. The first-order chi connectivity index (χ1) is 16.5. The quantitative estimate of drug-likeness (QED) is 0.387. The van der Waals surface area contributed by atoms with E-state index in [-0.39, 0.29) is 11.7 Å². The molecule has 6 heteroatoms. The SMILES string of the molecule is CN(C)C(=O)c1ccc2c(C(=O)[C@H](NCCc3ccc(C#N)cc3)c3ccccc3)c[nH]c2c1. The third-order valence-corrected chi connectivity index (χ3v) is 5.84. The Labute approximate surface area is 198 Å². The molecule has 2 N–H and O–H groups in total. The molecule has 1 aromatic heterocycles. The number of aromatic amines is 1. The van der Waals surface area contributed by atoms with Crippen LogP contribution in [0.1, 0.15) is 43.4 Å². The smallest absolute Gasteiger partial charge is 0.253 e. The lowest BCUT2D eigenvalue weighted by Gasteiger charge is -2.18. The van der Waals surface area contributed by atoms with Gasteiger partial charge in [0.05, 0.1) is 17.7 Å². The fourth-order valence-corrected chi connectivity index (χ4v) is 3.99. The highest BCUT2D eigenvalue weighted by molar-refractivity contribution is 6.11. The summed E-state index contributed by atoms with van der Waals surface area (Å²) < 4.78 is 0. The van der Waals surface area contributed by atoms with Crippen LogP contribution in [0.3, 0.4) is 0 Å². The van der Waals surface area contributed by atoms with Gasteiger partial charge < -0.3 is 15.2 Å². The molecule has 1 amide bonds. The number of carbonyl (C=O) groups excluding carboxylic acids is 2. The van der Waals surface area contributed by atoms with E-state index in [0.717, 1.165) is 28.5 Å². The second-order valence-electron chi connectivity index (χ2n) is 8.38. The predicted octanol–water partition coefficient (Wildman–Crippen LogP) is 4.50. The van der Waals surface area contributed by atoms with Gasteiger partial charge in [0, 0.05) is 48.9 Å².